The van der Waals surface area contributed by atoms with Crippen molar-refractivity contribution in [3.05, 3.63) is 66.3 Å². The van der Waals surface area contributed by atoms with Crippen LogP contribution in [0.1, 0.15) is 95.0 Å². The summed E-state index contributed by atoms with van der Waals surface area (Å²) in [6, 6.07) is 9.70. The van der Waals surface area contributed by atoms with Crippen molar-refractivity contribution in [2.75, 3.05) is 72.8 Å². The average Bonchev–Trinajstić information content (AvgIpc) is 3.83. The van der Waals surface area contributed by atoms with Gasteiger partial charge in [0.15, 0.2) is 0 Å². The number of allylic oxidation sites excluding steroid dienone is 1. The molecule has 0 bridgehead atoms. The smallest absolute Gasteiger partial charge is 0.417 e. The lowest BCUT2D eigenvalue weighted by Gasteiger charge is -2.60. The normalized spacial score (nSPS) is 24.2. The number of unbranched alkanes of at least 4 members (excludes halogenated alkanes) is 2. The molecule has 2 aromatic carbocycles. The highest BCUT2D eigenvalue weighted by Crippen LogP contribution is 2.62. The van der Waals surface area contributed by atoms with E-state index < -0.39 is 23.8 Å². The Labute approximate surface area is 377 Å². The van der Waals surface area contributed by atoms with Crippen molar-refractivity contribution < 1.29 is 58.2 Å². The lowest BCUT2D eigenvalue weighted by Crippen LogP contribution is -2.70. The molecule has 6 atom stereocenters. The van der Waals surface area contributed by atoms with Crippen LogP contribution in [0.15, 0.2) is 65.9 Å². The standard InChI is InChI=1S/C49H69N3O12/c1-5-26-62-49-44(52(22-27-61-28-25-55)45(56)21-16-33-12-6-7-13-33)32-41(51-60-4)38-29-34(14-8-10-23-53)37(15-9-11-24-54)46(47(38)49)39-30-36(18-20-42(39)64-49)63-48(57)50-40-19-17-35(58-2)31-43(40)59-3/h5,17-20,29-31,33-34,37,44,46-47,53-55H,1,6-16,21-28,32H2,2-4H3,(H,50,57)/t34-,37+,44-,46+,47+,49+/m0/s1. The van der Waals surface area contributed by atoms with Crippen LogP contribution in [-0.2, 0) is 19.1 Å². The van der Waals surface area contributed by atoms with E-state index in [2.05, 4.69) is 23.1 Å². The van der Waals surface area contributed by atoms with E-state index in [1.54, 1.807) is 43.5 Å². The maximum absolute atomic E-state index is 14.8. The third-order valence-corrected chi connectivity index (χ3v) is 13.4. The summed E-state index contributed by atoms with van der Waals surface area (Å²) in [5.41, 5.74) is 2.79. The first-order valence-corrected chi connectivity index (χ1v) is 23.1. The van der Waals surface area contributed by atoms with Crippen LogP contribution in [0, 0.1) is 23.7 Å². The Balaban J connectivity index is 1.49. The van der Waals surface area contributed by atoms with Gasteiger partial charge in [0, 0.05) is 50.1 Å². The summed E-state index contributed by atoms with van der Waals surface area (Å²) in [6.07, 6.45) is 13.6. The van der Waals surface area contributed by atoms with Crippen LogP contribution in [0.3, 0.4) is 0 Å². The highest BCUT2D eigenvalue weighted by atomic mass is 16.7. The van der Waals surface area contributed by atoms with Crippen LogP contribution in [0.25, 0.3) is 0 Å². The molecule has 2 saturated carbocycles. The Hall–Kier alpha value is -4.67. The maximum atomic E-state index is 14.8. The van der Waals surface area contributed by atoms with Crippen LogP contribution < -0.4 is 24.3 Å². The fraction of sp³-hybridized carbons (Fsp3) is 0.612. The van der Waals surface area contributed by atoms with Gasteiger partial charge in [-0.25, -0.2) is 4.79 Å². The van der Waals surface area contributed by atoms with E-state index in [0.29, 0.717) is 53.8 Å². The number of benzene rings is 2. The monoisotopic (exact) mass is 891 g/mol. The molecular formula is C49H69N3O12. The number of rotatable bonds is 25. The predicted molar refractivity (Wildman–Crippen MR) is 242 cm³/mol. The molecule has 0 aromatic heterocycles. The highest BCUT2D eigenvalue weighted by molar-refractivity contribution is 6.03. The number of aliphatic hydroxyl groups excluding tert-OH is 3. The van der Waals surface area contributed by atoms with E-state index in [1.807, 2.05) is 11.0 Å². The number of amides is 2. The number of anilines is 1. The van der Waals surface area contributed by atoms with Crippen LogP contribution in [0.5, 0.6) is 23.0 Å². The van der Waals surface area contributed by atoms with E-state index in [-0.39, 0.29) is 82.0 Å². The van der Waals surface area contributed by atoms with Gasteiger partial charge in [-0.15, -0.1) is 6.58 Å². The Morgan fingerprint density at radius 1 is 0.938 bits per heavy atom. The second-order valence-corrected chi connectivity index (χ2v) is 17.1. The van der Waals surface area contributed by atoms with E-state index in [4.69, 9.17) is 33.3 Å². The van der Waals surface area contributed by atoms with Crippen molar-refractivity contribution in [2.45, 2.75) is 101 Å². The van der Waals surface area contributed by atoms with Crippen LogP contribution in [-0.4, -0.2) is 117 Å². The maximum Gasteiger partial charge on any atom is 0.417 e. The number of nitrogens with zero attached hydrogens (tertiary/aromatic N) is 2. The highest BCUT2D eigenvalue weighted by Gasteiger charge is 2.65. The lowest BCUT2D eigenvalue weighted by molar-refractivity contribution is -0.258. The molecule has 15 heteroatoms. The van der Waals surface area contributed by atoms with Gasteiger partial charge in [0.1, 0.15) is 36.1 Å². The molecule has 0 saturated heterocycles. The fourth-order valence-electron chi connectivity index (χ4n) is 10.5. The molecular weight excluding hydrogens is 823 g/mol. The second kappa shape index (κ2) is 24.0. The number of hydrogen-bond donors (Lipinski definition) is 4. The number of nitrogens with one attached hydrogen (secondary N) is 1. The first kappa shape index (κ1) is 48.8. The van der Waals surface area contributed by atoms with Gasteiger partial charge in [-0.2, -0.15) is 0 Å². The predicted octanol–water partition coefficient (Wildman–Crippen LogP) is 7.39. The molecule has 4 N–H and O–H groups in total. The Morgan fingerprint density at radius 3 is 2.41 bits per heavy atom. The van der Waals surface area contributed by atoms with E-state index in [9.17, 15) is 24.9 Å². The molecule has 2 fully saturated rings. The van der Waals surface area contributed by atoms with Crippen molar-refractivity contribution in [1.82, 2.24) is 4.90 Å². The Morgan fingerprint density at radius 2 is 1.70 bits per heavy atom. The zero-order valence-corrected chi connectivity index (χ0v) is 37.8. The molecule has 15 nitrogen and oxygen atoms in total. The van der Waals surface area contributed by atoms with Gasteiger partial charge >= 0.3 is 6.09 Å². The second-order valence-electron chi connectivity index (χ2n) is 17.1. The molecule has 4 aliphatic rings. The molecule has 0 radical (unpaired) electrons. The fourth-order valence-corrected chi connectivity index (χ4v) is 10.5. The molecule has 352 valence electrons. The van der Waals surface area contributed by atoms with Crippen LogP contribution in [0.4, 0.5) is 10.5 Å². The SMILES string of the molecule is C=CCO[C@@]12Oc3ccc(OC(=O)Nc4ccc(OC)cc4OC)cc3[C@H]3[C@H](CCCCO)[C@@H](CCCCO)C=C(C(=NOC)C[C@@H]1N(CCOCCO)C(=O)CCC1CCCC1)[C@H]32. The summed E-state index contributed by atoms with van der Waals surface area (Å²) in [5, 5.41) is 36.9. The summed E-state index contributed by atoms with van der Waals surface area (Å²) < 4.78 is 37.0. The Bertz CT molecular complexity index is 1920. The number of fused-ring (bicyclic) bond motifs is 2. The van der Waals surface area contributed by atoms with Gasteiger partial charge < -0.3 is 53.5 Å². The number of carbonyl (C=O) groups excluding carboxylic acids is 2. The number of methoxy groups -OCH3 is 2. The molecule has 0 spiro atoms. The molecule has 0 unspecified atom stereocenters. The van der Waals surface area contributed by atoms with Crippen molar-refractivity contribution in [3.8, 4) is 23.0 Å². The number of oxime groups is 1. The molecule has 1 heterocycles. The van der Waals surface area contributed by atoms with Gasteiger partial charge in [-0.05, 0) is 85.8 Å². The van der Waals surface area contributed by atoms with Crippen molar-refractivity contribution in [2.24, 2.45) is 28.8 Å². The zero-order valence-electron chi connectivity index (χ0n) is 37.8. The minimum atomic E-state index is -1.44. The van der Waals surface area contributed by atoms with E-state index in [0.717, 1.165) is 56.1 Å². The summed E-state index contributed by atoms with van der Waals surface area (Å²) in [5.74, 6) is -0.0492. The molecule has 2 aromatic rings. The van der Waals surface area contributed by atoms with Crippen molar-refractivity contribution in [3.63, 3.8) is 0 Å². The summed E-state index contributed by atoms with van der Waals surface area (Å²) in [4.78, 5) is 35.8. The number of carbonyl (C=O) groups is 2. The van der Waals surface area contributed by atoms with Gasteiger partial charge in [0.25, 0.3) is 0 Å². The number of hydrogen-bond acceptors (Lipinski definition) is 13. The van der Waals surface area contributed by atoms with Gasteiger partial charge in [0.05, 0.1) is 58.0 Å². The minimum absolute atomic E-state index is 0.0228. The van der Waals surface area contributed by atoms with Crippen molar-refractivity contribution >= 4 is 23.4 Å². The quantitative estimate of drug-likeness (QED) is 0.0441. The Kier molecular flexibility index (Phi) is 18.3. The zero-order chi connectivity index (χ0) is 45.5. The average molecular weight is 892 g/mol. The minimum Gasteiger partial charge on any atom is -0.497 e. The third-order valence-electron chi connectivity index (χ3n) is 13.4. The van der Waals surface area contributed by atoms with Gasteiger partial charge in [-0.3, -0.25) is 10.1 Å². The first-order chi connectivity index (χ1) is 31.2. The summed E-state index contributed by atoms with van der Waals surface area (Å²) in [7, 11) is 4.57. The van der Waals surface area contributed by atoms with E-state index in [1.165, 1.54) is 27.1 Å². The number of ether oxygens (including phenoxy) is 6. The van der Waals surface area contributed by atoms with Gasteiger partial charge in [-0.1, -0.05) is 55.8 Å². The third kappa shape index (κ3) is 11.4. The molecule has 6 rings (SSSR count). The van der Waals surface area contributed by atoms with E-state index >= 15 is 0 Å². The topological polar surface area (TPSA) is 187 Å². The molecule has 64 heavy (non-hydrogen) atoms. The largest absolute Gasteiger partial charge is 0.497 e. The van der Waals surface area contributed by atoms with Crippen LogP contribution in [0.2, 0.25) is 0 Å². The number of aliphatic hydroxyl groups is 3. The summed E-state index contributed by atoms with van der Waals surface area (Å²) in [6.45, 7) is 4.68. The molecule has 2 amide bonds. The molecule has 1 aliphatic heterocycles. The van der Waals surface area contributed by atoms with Crippen LogP contribution >= 0.6 is 0 Å². The summed E-state index contributed by atoms with van der Waals surface area (Å²) >= 11 is 0. The first-order valence-electron chi connectivity index (χ1n) is 23.1. The lowest BCUT2D eigenvalue weighted by atomic mass is 9.55. The van der Waals surface area contributed by atoms with Gasteiger partial charge in [0.2, 0.25) is 11.7 Å². The van der Waals surface area contributed by atoms with Crippen molar-refractivity contribution in [1.29, 1.82) is 0 Å². The molecule has 3 aliphatic carbocycles.